The van der Waals surface area contributed by atoms with Gasteiger partial charge < -0.3 is 15.4 Å². The van der Waals surface area contributed by atoms with Gasteiger partial charge in [-0.3, -0.25) is 9.36 Å². The maximum absolute atomic E-state index is 13.6. The predicted molar refractivity (Wildman–Crippen MR) is 122 cm³/mol. The third kappa shape index (κ3) is 3.94. The molecule has 1 aliphatic heterocycles. The van der Waals surface area contributed by atoms with Crippen molar-refractivity contribution in [3.63, 3.8) is 0 Å². The van der Waals surface area contributed by atoms with Gasteiger partial charge in [0.25, 0.3) is 0 Å². The van der Waals surface area contributed by atoms with Crippen molar-refractivity contribution in [3.05, 3.63) is 48.4 Å². The minimum absolute atomic E-state index is 0.0130. The fraction of sp³-hybridized carbons (Fsp3) is 0.238. The summed E-state index contributed by atoms with van der Waals surface area (Å²) in [4.78, 5) is 20.3. The van der Waals surface area contributed by atoms with Gasteiger partial charge in [0.1, 0.15) is 10.6 Å². The molecule has 0 unspecified atom stereocenters. The molecule has 1 amide bonds. The summed E-state index contributed by atoms with van der Waals surface area (Å²) < 4.78 is 20.7. The fourth-order valence-corrected chi connectivity index (χ4v) is 5.37. The van der Waals surface area contributed by atoms with Crippen LogP contribution in [0.4, 0.5) is 10.1 Å². The van der Waals surface area contributed by atoms with E-state index in [2.05, 4.69) is 15.2 Å². The Balaban J connectivity index is 1.52. The largest absolute Gasteiger partial charge is 0.397 e. The van der Waals surface area contributed by atoms with Crippen LogP contribution in [-0.2, 0) is 9.53 Å². The molecule has 32 heavy (non-hydrogen) atoms. The highest BCUT2D eigenvalue weighted by molar-refractivity contribution is 7.99. The van der Waals surface area contributed by atoms with Crippen LogP contribution in [0.15, 0.2) is 47.8 Å². The molecule has 0 radical (unpaired) electrons. The molecule has 0 aliphatic carbocycles. The average Bonchev–Trinajstić information content (AvgIpc) is 3.39. The van der Waals surface area contributed by atoms with Crippen molar-refractivity contribution in [3.8, 4) is 16.4 Å². The normalized spacial score (nSPS) is 14.2. The Labute approximate surface area is 191 Å². The summed E-state index contributed by atoms with van der Waals surface area (Å²) in [6.07, 6.45) is 1.71. The van der Waals surface area contributed by atoms with Crippen LogP contribution in [0.5, 0.6) is 0 Å². The number of fused-ring (bicyclic) bond motifs is 1. The van der Waals surface area contributed by atoms with E-state index in [0.29, 0.717) is 48.7 Å². The molecule has 5 rings (SSSR count). The maximum Gasteiger partial charge on any atom is 0.233 e. The van der Waals surface area contributed by atoms with Gasteiger partial charge in [0, 0.05) is 30.4 Å². The van der Waals surface area contributed by atoms with Crippen LogP contribution < -0.4 is 5.73 Å². The minimum Gasteiger partial charge on any atom is -0.397 e. The lowest BCUT2D eigenvalue weighted by atomic mass is 10.2. The lowest BCUT2D eigenvalue weighted by Crippen LogP contribution is -2.41. The van der Waals surface area contributed by atoms with Crippen molar-refractivity contribution < 1.29 is 13.9 Å². The fourth-order valence-electron chi connectivity index (χ4n) is 3.48. The topological polar surface area (TPSA) is 99.2 Å². The number of carbonyl (C=O) groups is 1. The first-order valence-electron chi connectivity index (χ1n) is 9.95. The van der Waals surface area contributed by atoms with Crippen LogP contribution in [0.2, 0.25) is 0 Å². The first kappa shape index (κ1) is 20.9. The van der Waals surface area contributed by atoms with E-state index in [9.17, 15) is 9.18 Å². The summed E-state index contributed by atoms with van der Waals surface area (Å²) in [5, 5.41) is 10.1. The molecule has 8 nitrogen and oxygen atoms in total. The molecule has 0 saturated carbocycles. The van der Waals surface area contributed by atoms with Crippen molar-refractivity contribution in [2.75, 3.05) is 37.8 Å². The van der Waals surface area contributed by atoms with Crippen LogP contribution in [0.1, 0.15) is 0 Å². The van der Waals surface area contributed by atoms with Crippen molar-refractivity contribution in [1.29, 1.82) is 0 Å². The number of rotatable bonds is 5. The number of morpholine rings is 1. The Morgan fingerprint density at radius 3 is 2.72 bits per heavy atom. The molecule has 4 aromatic rings. The van der Waals surface area contributed by atoms with Crippen LogP contribution >= 0.6 is 23.1 Å². The third-order valence-corrected chi connectivity index (χ3v) is 7.15. The zero-order valence-electron chi connectivity index (χ0n) is 16.9. The van der Waals surface area contributed by atoms with E-state index in [4.69, 9.17) is 10.5 Å². The standard InChI is InChI=1S/C21H19FN6O2S2/c22-13-3-5-14(6-4-13)28-19(18-17(23)15-2-1-7-24-20(15)32-18)25-26-21(28)31-12-16(29)27-8-10-30-11-9-27/h1-7H,8-12,23H2. The summed E-state index contributed by atoms with van der Waals surface area (Å²) in [7, 11) is 0. The average molecular weight is 471 g/mol. The number of amides is 1. The molecule has 3 aromatic heterocycles. The molecular formula is C21H19FN6O2S2. The molecule has 0 bridgehead atoms. The van der Waals surface area contributed by atoms with E-state index in [1.54, 1.807) is 27.8 Å². The Morgan fingerprint density at radius 2 is 1.97 bits per heavy atom. The number of nitrogens with two attached hydrogens (primary N) is 1. The molecule has 164 valence electrons. The zero-order chi connectivity index (χ0) is 22.1. The second-order valence-corrected chi connectivity index (χ2v) is 9.04. The second-order valence-electron chi connectivity index (χ2n) is 7.10. The van der Waals surface area contributed by atoms with Gasteiger partial charge in [0.05, 0.1) is 29.5 Å². The summed E-state index contributed by atoms with van der Waals surface area (Å²) in [6, 6.07) is 9.80. The highest BCUT2D eigenvalue weighted by atomic mass is 32.2. The molecule has 1 saturated heterocycles. The number of thiophene rings is 1. The molecule has 0 atom stereocenters. The minimum atomic E-state index is -0.342. The van der Waals surface area contributed by atoms with Gasteiger partial charge in [0.15, 0.2) is 11.0 Å². The Bertz CT molecular complexity index is 1270. The number of anilines is 1. The van der Waals surface area contributed by atoms with E-state index in [0.717, 1.165) is 15.1 Å². The predicted octanol–water partition coefficient (Wildman–Crippen LogP) is 3.22. The first-order chi connectivity index (χ1) is 15.6. The number of pyridine rings is 1. The molecule has 0 spiro atoms. The summed E-state index contributed by atoms with van der Waals surface area (Å²) in [5.74, 6) is 0.408. The number of thioether (sulfide) groups is 1. The van der Waals surface area contributed by atoms with Crippen molar-refractivity contribution >= 4 is 44.9 Å². The lowest BCUT2D eigenvalue weighted by Gasteiger charge is -2.26. The highest BCUT2D eigenvalue weighted by Crippen LogP contribution is 2.40. The zero-order valence-corrected chi connectivity index (χ0v) is 18.5. The Morgan fingerprint density at radius 1 is 1.19 bits per heavy atom. The molecule has 11 heteroatoms. The van der Waals surface area contributed by atoms with Gasteiger partial charge in [-0.1, -0.05) is 11.8 Å². The number of carbonyl (C=O) groups excluding carboxylic acids is 1. The second kappa shape index (κ2) is 8.85. The Kier molecular flexibility index (Phi) is 5.77. The van der Waals surface area contributed by atoms with Gasteiger partial charge in [-0.15, -0.1) is 21.5 Å². The van der Waals surface area contributed by atoms with Gasteiger partial charge >= 0.3 is 0 Å². The summed E-state index contributed by atoms with van der Waals surface area (Å²) >= 11 is 2.71. The molecule has 1 aromatic carbocycles. The van der Waals surface area contributed by atoms with E-state index in [1.807, 2.05) is 12.1 Å². The third-order valence-electron chi connectivity index (χ3n) is 5.11. The molecule has 4 heterocycles. The van der Waals surface area contributed by atoms with Crippen molar-refractivity contribution in [2.45, 2.75) is 5.16 Å². The SMILES string of the molecule is Nc1c(-c2nnc(SCC(=O)N3CCOCC3)n2-c2ccc(F)cc2)sc2ncccc12. The molecule has 2 N–H and O–H groups in total. The van der Waals surface area contributed by atoms with E-state index in [1.165, 1.54) is 35.2 Å². The maximum atomic E-state index is 13.6. The van der Waals surface area contributed by atoms with E-state index in [-0.39, 0.29) is 17.5 Å². The van der Waals surface area contributed by atoms with Crippen molar-refractivity contribution in [1.82, 2.24) is 24.6 Å². The van der Waals surface area contributed by atoms with Gasteiger partial charge in [-0.25, -0.2) is 9.37 Å². The van der Waals surface area contributed by atoms with Gasteiger partial charge in [0.2, 0.25) is 5.91 Å². The van der Waals surface area contributed by atoms with Gasteiger partial charge in [-0.05, 0) is 36.4 Å². The number of benzene rings is 1. The number of halogens is 1. The smallest absolute Gasteiger partial charge is 0.233 e. The summed E-state index contributed by atoms with van der Waals surface area (Å²) in [5.41, 5.74) is 7.66. The van der Waals surface area contributed by atoms with Crippen LogP contribution in [0, 0.1) is 5.82 Å². The van der Waals surface area contributed by atoms with E-state index < -0.39 is 0 Å². The number of nitrogens with zero attached hydrogens (tertiary/aromatic N) is 5. The van der Waals surface area contributed by atoms with Gasteiger partial charge in [-0.2, -0.15) is 0 Å². The number of nitrogen functional groups attached to an aromatic ring is 1. The molecule has 1 fully saturated rings. The summed E-state index contributed by atoms with van der Waals surface area (Å²) in [6.45, 7) is 2.26. The highest BCUT2D eigenvalue weighted by Gasteiger charge is 2.23. The number of hydrogen-bond donors (Lipinski definition) is 1. The quantitative estimate of drug-likeness (QED) is 0.447. The monoisotopic (exact) mass is 470 g/mol. The molecule has 1 aliphatic rings. The molecular weight excluding hydrogens is 451 g/mol. The van der Waals surface area contributed by atoms with Crippen molar-refractivity contribution in [2.24, 2.45) is 0 Å². The first-order valence-corrected chi connectivity index (χ1v) is 11.7. The lowest BCUT2D eigenvalue weighted by molar-refractivity contribution is -0.132. The van der Waals surface area contributed by atoms with E-state index >= 15 is 0 Å². The number of hydrogen-bond acceptors (Lipinski definition) is 8. The van der Waals surface area contributed by atoms with Crippen LogP contribution in [0.25, 0.3) is 26.6 Å². The van der Waals surface area contributed by atoms with Crippen LogP contribution in [-0.4, -0.2) is 62.6 Å². The number of aromatic nitrogens is 4. The Hall–Kier alpha value is -3.02. The number of ether oxygens (including phenoxy) is 1. The van der Waals surface area contributed by atoms with Crippen LogP contribution in [0.3, 0.4) is 0 Å².